The second-order valence-corrected chi connectivity index (χ2v) is 10.3. The smallest absolute Gasteiger partial charge is 0.416 e. The van der Waals surface area contributed by atoms with Crippen molar-refractivity contribution in [1.82, 2.24) is 24.3 Å². The zero-order chi connectivity index (χ0) is 29.1. The fraction of sp³-hybridized carbons (Fsp3) is 0.345. The van der Waals surface area contributed by atoms with Crippen LogP contribution in [0.3, 0.4) is 0 Å². The van der Waals surface area contributed by atoms with Crippen molar-refractivity contribution in [2.24, 2.45) is 7.05 Å². The van der Waals surface area contributed by atoms with Crippen LogP contribution in [0, 0.1) is 0 Å². The predicted octanol–water partition coefficient (Wildman–Crippen LogP) is 5.49. The van der Waals surface area contributed by atoms with Gasteiger partial charge in [0.05, 0.1) is 23.1 Å². The number of fused-ring (bicyclic) bond motifs is 1. The molecule has 4 aromatic rings. The van der Waals surface area contributed by atoms with Crippen LogP contribution in [0.2, 0.25) is 0 Å². The lowest BCUT2D eigenvalue weighted by Crippen LogP contribution is -2.50. The van der Waals surface area contributed by atoms with Gasteiger partial charge < -0.3 is 19.9 Å². The fourth-order valence-corrected chi connectivity index (χ4v) is 4.73. The Kier molecular flexibility index (Phi) is 8.13. The predicted molar refractivity (Wildman–Crippen MR) is 152 cm³/mol. The van der Waals surface area contributed by atoms with Crippen molar-refractivity contribution < 1.29 is 22.7 Å². The number of hydrogen-bond acceptors (Lipinski definition) is 7. The van der Waals surface area contributed by atoms with Gasteiger partial charge >= 0.3 is 6.18 Å². The van der Waals surface area contributed by atoms with Crippen molar-refractivity contribution in [3.63, 3.8) is 0 Å². The van der Waals surface area contributed by atoms with E-state index in [4.69, 9.17) is 4.74 Å². The largest absolute Gasteiger partial charge is 0.457 e. The minimum absolute atomic E-state index is 0.129. The van der Waals surface area contributed by atoms with Gasteiger partial charge in [0.2, 0.25) is 11.9 Å². The molecule has 0 radical (unpaired) electrons. The van der Waals surface area contributed by atoms with E-state index < -0.39 is 11.7 Å². The lowest BCUT2D eigenvalue weighted by atomic mass is 10.2. The summed E-state index contributed by atoms with van der Waals surface area (Å²) >= 11 is 0. The van der Waals surface area contributed by atoms with Crippen LogP contribution in [-0.4, -0.2) is 69.0 Å². The number of hydrogen-bond donors (Lipinski definition) is 2. The number of amides is 1. The third-order valence-electron chi connectivity index (χ3n) is 7.06. The molecule has 0 spiro atoms. The van der Waals surface area contributed by atoms with E-state index in [-0.39, 0.29) is 5.91 Å². The summed E-state index contributed by atoms with van der Waals surface area (Å²) in [7, 11) is 1.81. The summed E-state index contributed by atoms with van der Waals surface area (Å²) in [4.78, 5) is 26.0. The second-order valence-electron chi connectivity index (χ2n) is 10.3. The Morgan fingerprint density at radius 2 is 1.71 bits per heavy atom. The molecule has 1 saturated heterocycles. The molecule has 1 fully saturated rings. The first-order valence-corrected chi connectivity index (χ1v) is 13.4. The molecule has 1 amide bonds. The summed E-state index contributed by atoms with van der Waals surface area (Å²) in [6, 6.07) is 14.0. The number of rotatable bonds is 8. The molecule has 41 heavy (non-hydrogen) atoms. The summed E-state index contributed by atoms with van der Waals surface area (Å²) < 4.78 is 46.4. The molecule has 12 heteroatoms. The first kappa shape index (κ1) is 28.4. The van der Waals surface area contributed by atoms with Crippen LogP contribution in [0.1, 0.15) is 19.4 Å². The summed E-state index contributed by atoms with van der Waals surface area (Å²) in [5, 5.41) is 5.91. The fourth-order valence-electron chi connectivity index (χ4n) is 4.73. The molecule has 3 heterocycles. The van der Waals surface area contributed by atoms with Crippen LogP contribution in [0.25, 0.3) is 11.0 Å². The van der Waals surface area contributed by atoms with Crippen LogP contribution in [0.15, 0.2) is 60.8 Å². The number of imidazole rings is 1. The van der Waals surface area contributed by atoms with E-state index in [1.54, 1.807) is 35.0 Å². The van der Waals surface area contributed by atoms with Crippen LogP contribution >= 0.6 is 0 Å². The number of carbonyl (C=O) groups excluding carboxylic acids is 1. The maximum atomic E-state index is 12.9. The average Bonchev–Trinajstić information content (AvgIpc) is 3.23. The molecule has 1 aliphatic rings. The number of benzene rings is 2. The third kappa shape index (κ3) is 6.95. The van der Waals surface area contributed by atoms with E-state index in [1.807, 2.05) is 13.1 Å². The van der Waals surface area contributed by atoms with E-state index in [1.165, 1.54) is 12.1 Å². The summed E-state index contributed by atoms with van der Waals surface area (Å²) in [6.45, 7) is 8.24. The van der Waals surface area contributed by atoms with Gasteiger partial charge in [0.25, 0.3) is 0 Å². The van der Waals surface area contributed by atoms with Crippen molar-refractivity contribution in [2.45, 2.75) is 26.1 Å². The molecule has 0 saturated carbocycles. The number of ether oxygens (including phenoxy) is 1. The Bertz CT molecular complexity index is 1510. The highest BCUT2D eigenvalue weighted by molar-refractivity contribution is 5.91. The minimum Gasteiger partial charge on any atom is -0.457 e. The Morgan fingerprint density at radius 3 is 2.39 bits per heavy atom. The number of alkyl halides is 3. The molecule has 0 bridgehead atoms. The van der Waals surface area contributed by atoms with Crippen molar-refractivity contribution in [3.8, 4) is 11.5 Å². The molecule has 1 aliphatic heterocycles. The van der Waals surface area contributed by atoms with E-state index >= 15 is 0 Å². The van der Waals surface area contributed by atoms with Crippen molar-refractivity contribution in [1.29, 1.82) is 0 Å². The van der Waals surface area contributed by atoms with E-state index in [0.29, 0.717) is 47.1 Å². The second kappa shape index (κ2) is 11.8. The van der Waals surface area contributed by atoms with Gasteiger partial charge in [-0.2, -0.15) is 13.2 Å². The lowest BCUT2D eigenvalue weighted by Gasteiger charge is -2.36. The first-order chi connectivity index (χ1) is 19.5. The minimum atomic E-state index is -4.39. The van der Waals surface area contributed by atoms with Gasteiger partial charge in [0.15, 0.2) is 0 Å². The number of carbonyl (C=O) groups is 1. The highest BCUT2D eigenvalue weighted by atomic mass is 19.4. The number of anilines is 3. The van der Waals surface area contributed by atoms with Gasteiger partial charge in [-0.05, 0) is 56.3 Å². The topological polar surface area (TPSA) is 87.5 Å². The molecule has 2 aromatic carbocycles. The van der Waals surface area contributed by atoms with Gasteiger partial charge in [-0.1, -0.05) is 0 Å². The van der Waals surface area contributed by atoms with Crippen LogP contribution < -0.4 is 15.4 Å². The van der Waals surface area contributed by atoms with Crippen molar-refractivity contribution in [2.75, 3.05) is 43.4 Å². The Labute approximate surface area is 235 Å². The number of halogens is 3. The molecule has 9 nitrogen and oxygen atoms in total. The first-order valence-electron chi connectivity index (χ1n) is 13.4. The molecule has 216 valence electrons. The number of nitrogens with zero attached hydrogens (tertiary/aromatic N) is 5. The molecule has 0 atom stereocenters. The van der Waals surface area contributed by atoms with Gasteiger partial charge in [0.1, 0.15) is 17.3 Å². The maximum absolute atomic E-state index is 12.9. The molecule has 0 unspecified atom stereocenters. The Morgan fingerprint density at radius 1 is 1.00 bits per heavy atom. The zero-order valence-electron chi connectivity index (χ0n) is 23.1. The monoisotopic (exact) mass is 567 g/mol. The van der Waals surface area contributed by atoms with Gasteiger partial charge in [-0.3, -0.25) is 14.6 Å². The number of piperazine rings is 1. The number of nitrogens with one attached hydrogen (secondary N) is 2. The zero-order valence-corrected chi connectivity index (χ0v) is 23.1. The summed E-state index contributed by atoms with van der Waals surface area (Å²) in [6.07, 6.45) is -2.82. The molecule has 5 rings (SSSR count). The highest BCUT2D eigenvalue weighted by Gasteiger charge is 2.30. The molecular weight excluding hydrogens is 535 g/mol. The molecule has 2 aromatic heterocycles. The number of pyridine rings is 1. The van der Waals surface area contributed by atoms with E-state index in [2.05, 4.69) is 44.2 Å². The lowest BCUT2D eigenvalue weighted by molar-refractivity contribution is -0.137. The van der Waals surface area contributed by atoms with Gasteiger partial charge in [-0.15, -0.1) is 0 Å². The van der Waals surface area contributed by atoms with Crippen LogP contribution in [0.5, 0.6) is 11.5 Å². The van der Waals surface area contributed by atoms with E-state index in [0.717, 1.165) is 43.8 Å². The molecule has 2 N–H and O–H groups in total. The van der Waals surface area contributed by atoms with Crippen LogP contribution in [-0.2, 0) is 18.0 Å². The van der Waals surface area contributed by atoms with E-state index in [9.17, 15) is 18.0 Å². The molecular formula is C29H32F3N7O2. The highest BCUT2D eigenvalue weighted by Crippen LogP contribution is 2.31. The third-order valence-corrected chi connectivity index (χ3v) is 7.06. The normalized spacial score (nSPS) is 14.9. The van der Waals surface area contributed by atoms with Crippen molar-refractivity contribution >= 4 is 34.4 Å². The standard InChI is InChI=1S/C29H32F3N7O2/c1-19(2)39-14-12-38(13-15-39)18-27(40)36-26-17-23(10-11-33-26)41-22-8-9-25-24(16-22)35-28(37(25)3)34-21-6-4-20(5-7-21)29(30,31)32/h4-11,16-17,19H,12-15,18H2,1-3H3,(H,34,35)(H,33,36,40). The Balaban J connectivity index is 1.21. The maximum Gasteiger partial charge on any atom is 0.416 e. The summed E-state index contributed by atoms with van der Waals surface area (Å²) in [5.41, 5.74) is 1.22. The quantitative estimate of drug-likeness (QED) is 0.291. The van der Waals surface area contributed by atoms with Gasteiger partial charge in [0, 0.05) is 63.3 Å². The van der Waals surface area contributed by atoms with Crippen molar-refractivity contribution in [3.05, 3.63) is 66.4 Å². The number of aryl methyl sites for hydroxylation is 1. The van der Waals surface area contributed by atoms with Crippen LogP contribution in [0.4, 0.5) is 30.6 Å². The SMILES string of the molecule is CC(C)N1CCN(CC(=O)Nc2cc(Oc3ccc4c(c3)nc(Nc3ccc(C(F)(F)F)cc3)n4C)ccn2)CC1. The number of aromatic nitrogens is 3. The summed E-state index contributed by atoms with van der Waals surface area (Å²) in [5.74, 6) is 1.77. The average molecular weight is 568 g/mol. The van der Waals surface area contributed by atoms with Gasteiger partial charge in [-0.25, -0.2) is 9.97 Å². The Hall–Kier alpha value is -4.16. The molecule has 0 aliphatic carbocycles.